The van der Waals surface area contributed by atoms with Crippen LogP contribution in [0.5, 0.6) is 0 Å². The minimum absolute atomic E-state index is 0.0301. The molecule has 0 aliphatic carbocycles. The first-order chi connectivity index (χ1) is 12.6. The molecule has 1 amide bonds. The molecule has 1 aliphatic rings. The highest BCUT2D eigenvalue weighted by molar-refractivity contribution is 6.36. The number of nitrogens with zero attached hydrogens (tertiary/aromatic N) is 1. The van der Waals surface area contributed by atoms with Crippen molar-refractivity contribution in [2.24, 2.45) is 0 Å². The zero-order valence-electron chi connectivity index (χ0n) is 14.0. The number of anilines is 2. The Morgan fingerprint density at radius 2 is 1.69 bits per heavy atom. The van der Waals surface area contributed by atoms with Crippen LogP contribution in [0.1, 0.15) is 27.7 Å². The van der Waals surface area contributed by atoms with Gasteiger partial charge in [0.1, 0.15) is 6.17 Å². The molecule has 0 saturated heterocycles. The molecule has 3 aromatic carbocycles. The number of carbonyl (C=O) groups excluding carboxylic acids is 1. The van der Waals surface area contributed by atoms with Crippen LogP contribution in [-0.2, 0) is 0 Å². The third-order valence-electron chi connectivity index (χ3n) is 4.56. The normalized spacial score (nSPS) is 15.9. The third kappa shape index (κ3) is 2.83. The fourth-order valence-corrected chi connectivity index (χ4v) is 3.76. The minimum atomic E-state index is -0.349. The molecule has 0 radical (unpaired) electrons. The predicted molar refractivity (Wildman–Crippen MR) is 107 cm³/mol. The van der Waals surface area contributed by atoms with Crippen molar-refractivity contribution in [1.82, 2.24) is 0 Å². The van der Waals surface area contributed by atoms with Gasteiger partial charge in [-0.3, -0.25) is 9.69 Å². The summed E-state index contributed by atoms with van der Waals surface area (Å²) >= 11 is 12.4. The van der Waals surface area contributed by atoms with Crippen LogP contribution in [0.2, 0.25) is 10.0 Å². The van der Waals surface area contributed by atoms with Crippen LogP contribution in [0.3, 0.4) is 0 Å². The SMILES string of the molecule is Cc1ccccc1N1C(=O)c2ccccc2C1Nc1ccc(Cl)cc1Cl. The largest absolute Gasteiger partial charge is 0.360 e. The van der Waals surface area contributed by atoms with Gasteiger partial charge >= 0.3 is 0 Å². The van der Waals surface area contributed by atoms with E-state index in [1.165, 1.54) is 0 Å². The van der Waals surface area contributed by atoms with Crippen molar-refractivity contribution in [3.05, 3.63) is 93.5 Å². The lowest BCUT2D eigenvalue weighted by atomic mass is 10.1. The van der Waals surface area contributed by atoms with E-state index in [0.717, 1.165) is 22.5 Å². The summed E-state index contributed by atoms with van der Waals surface area (Å²) in [6.45, 7) is 2.00. The highest BCUT2D eigenvalue weighted by Crippen LogP contribution is 2.40. The van der Waals surface area contributed by atoms with E-state index in [1.54, 1.807) is 17.0 Å². The summed E-state index contributed by atoms with van der Waals surface area (Å²) in [5.41, 5.74) is 4.24. The zero-order chi connectivity index (χ0) is 18.3. The summed E-state index contributed by atoms with van der Waals surface area (Å²) in [5.74, 6) is -0.0301. The van der Waals surface area contributed by atoms with Gasteiger partial charge in [-0.15, -0.1) is 0 Å². The molecule has 3 nitrogen and oxygen atoms in total. The van der Waals surface area contributed by atoms with E-state index < -0.39 is 0 Å². The summed E-state index contributed by atoms with van der Waals surface area (Å²) in [5, 5.41) is 4.50. The lowest BCUT2D eigenvalue weighted by Crippen LogP contribution is -2.32. The number of rotatable bonds is 3. The van der Waals surface area contributed by atoms with Crippen LogP contribution < -0.4 is 10.2 Å². The quantitative estimate of drug-likeness (QED) is 0.595. The monoisotopic (exact) mass is 382 g/mol. The van der Waals surface area contributed by atoms with Crippen molar-refractivity contribution < 1.29 is 4.79 Å². The average Bonchev–Trinajstić information content (AvgIpc) is 2.90. The molecule has 130 valence electrons. The Kier molecular flexibility index (Phi) is 4.35. The summed E-state index contributed by atoms with van der Waals surface area (Å²) in [4.78, 5) is 14.9. The molecule has 0 saturated carbocycles. The van der Waals surface area contributed by atoms with Crippen LogP contribution in [0.25, 0.3) is 0 Å². The number of nitrogens with one attached hydrogen (secondary N) is 1. The standard InChI is InChI=1S/C21H16Cl2N2O/c1-13-6-2-5-9-19(13)25-20(15-7-3-4-8-16(15)21(25)26)24-18-11-10-14(22)12-17(18)23/h2-12,20,24H,1H3. The maximum Gasteiger partial charge on any atom is 0.260 e. The smallest absolute Gasteiger partial charge is 0.260 e. The van der Waals surface area contributed by atoms with Gasteiger partial charge in [-0.25, -0.2) is 0 Å². The molecule has 1 aliphatic heterocycles. The number of para-hydroxylation sites is 1. The lowest BCUT2D eigenvalue weighted by molar-refractivity contribution is 0.0993. The van der Waals surface area contributed by atoms with Gasteiger partial charge in [-0.05, 0) is 42.8 Å². The minimum Gasteiger partial charge on any atom is -0.360 e. The molecule has 1 unspecified atom stereocenters. The van der Waals surface area contributed by atoms with Gasteiger partial charge < -0.3 is 5.32 Å². The molecule has 5 heteroatoms. The van der Waals surface area contributed by atoms with Gasteiger partial charge in [0, 0.05) is 21.8 Å². The van der Waals surface area contributed by atoms with Gasteiger partial charge in [0.25, 0.3) is 5.91 Å². The first-order valence-electron chi connectivity index (χ1n) is 8.26. The summed E-state index contributed by atoms with van der Waals surface area (Å²) in [6, 6.07) is 20.8. The number of hydrogen-bond acceptors (Lipinski definition) is 2. The van der Waals surface area contributed by atoms with Crippen LogP contribution in [-0.4, -0.2) is 5.91 Å². The first kappa shape index (κ1) is 17.0. The second-order valence-electron chi connectivity index (χ2n) is 6.22. The Balaban J connectivity index is 1.82. The topological polar surface area (TPSA) is 32.3 Å². The van der Waals surface area contributed by atoms with Crippen molar-refractivity contribution in [3.63, 3.8) is 0 Å². The molecular formula is C21H16Cl2N2O. The summed E-state index contributed by atoms with van der Waals surface area (Å²) < 4.78 is 0. The summed E-state index contributed by atoms with van der Waals surface area (Å²) in [6.07, 6.45) is -0.349. The van der Waals surface area contributed by atoms with E-state index in [4.69, 9.17) is 23.2 Å². The Morgan fingerprint density at radius 1 is 0.962 bits per heavy atom. The van der Waals surface area contributed by atoms with E-state index in [1.807, 2.05) is 61.5 Å². The van der Waals surface area contributed by atoms with E-state index in [9.17, 15) is 4.79 Å². The molecular weight excluding hydrogens is 367 g/mol. The van der Waals surface area contributed by atoms with E-state index in [-0.39, 0.29) is 12.1 Å². The Bertz CT molecular complexity index is 1000. The van der Waals surface area contributed by atoms with Crippen molar-refractivity contribution >= 4 is 40.5 Å². The molecule has 0 fully saturated rings. The second kappa shape index (κ2) is 6.67. The second-order valence-corrected chi connectivity index (χ2v) is 7.06. The van der Waals surface area contributed by atoms with Crippen molar-refractivity contribution in [1.29, 1.82) is 0 Å². The zero-order valence-corrected chi connectivity index (χ0v) is 15.6. The van der Waals surface area contributed by atoms with Gasteiger partial charge in [0.15, 0.2) is 0 Å². The number of benzene rings is 3. The number of amides is 1. The fourth-order valence-electron chi connectivity index (χ4n) is 3.29. The molecule has 0 bridgehead atoms. The lowest BCUT2D eigenvalue weighted by Gasteiger charge is -2.28. The highest BCUT2D eigenvalue weighted by atomic mass is 35.5. The molecule has 1 atom stereocenters. The molecule has 3 aromatic rings. The van der Waals surface area contributed by atoms with Crippen LogP contribution in [0, 0.1) is 6.92 Å². The van der Waals surface area contributed by atoms with Gasteiger partial charge in [0.05, 0.1) is 10.7 Å². The van der Waals surface area contributed by atoms with E-state index in [0.29, 0.717) is 15.6 Å². The highest BCUT2D eigenvalue weighted by Gasteiger charge is 2.38. The molecule has 0 aromatic heterocycles. The van der Waals surface area contributed by atoms with Crippen LogP contribution in [0.15, 0.2) is 66.7 Å². The first-order valence-corrected chi connectivity index (χ1v) is 9.01. The van der Waals surface area contributed by atoms with Crippen LogP contribution in [0.4, 0.5) is 11.4 Å². The van der Waals surface area contributed by atoms with E-state index >= 15 is 0 Å². The van der Waals surface area contributed by atoms with Crippen molar-refractivity contribution in [2.45, 2.75) is 13.1 Å². The number of fused-ring (bicyclic) bond motifs is 1. The maximum absolute atomic E-state index is 13.1. The number of aryl methyl sites for hydroxylation is 1. The fraction of sp³-hybridized carbons (Fsp3) is 0.0952. The third-order valence-corrected chi connectivity index (χ3v) is 5.11. The number of carbonyl (C=O) groups is 1. The Labute approximate surface area is 162 Å². The van der Waals surface area contributed by atoms with Crippen LogP contribution >= 0.6 is 23.2 Å². The maximum atomic E-state index is 13.1. The Morgan fingerprint density at radius 3 is 2.46 bits per heavy atom. The van der Waals surface area contributed by atoms with Gasteiger partial charge in [-0.2, -0.15) is 0 Å². The molecule has 26 heavy (non-hydrogen) atoms. The summed E-state index contributed by atoms with van der Waals surface area (Å²) in [7, 11) is 0. The predicted octanol–water partition coefficient (Wildman–Crippen LogP) is 6.07. The molecule has 0 spiro atoms. The number of hydrogen-bond donors (Lipinski definition) is 1. The number of halogens is 2. The molecule has 1 N–H and O–H groups in total. The van der Waals surface area contributed by atoms with E-state index in [2.05, 4.69) is 5.32 Å². The van der Waals surface area contributed by atoms with Crippen molar-refractivity contribution in [2.75, 3.05) is 10.2 Å². The average molecular weight is 383 g/mol. The van der Waals surface area contributed by atoms with Gasteiger partial charge in [0.2, 0.25) is 0 Å². The van der Waals surface area contributed by atoms with Crippen molar-refractivity contribution in [3.8, 4) is 0 Å². The molecule has 1 heterocycles. The Hall–Kier alpha value is -2.49. The molecule has 4 rings (SSSR count). The van der Waals surface area contributed by atoms with Gasteiger partial charge in [-0.1, -0.05) is 59.6 Å².